The van der Waals surface area contributed by atoms with Crippen LogP contribution in [0.5, 0.6) is 0 Å². The topological polar surface area (TPSA) is 32.6 Å². The maximum atomic E-state index is 6.97. The van der Waals surface area contributed by atoms with Gasteiger partial charge in [-0.15, -0.1) is 0 Å². The van der Waals surface area contributed by atoms with Crippen LogP contribution in [-0.2, 0) is 32.7 Å². The second kappa shape index (κ2) is 9.56. The first kappa shape index (κ1) is 8.82. The van der Waals surface area contributed by atoms with Gasteiger partial charge in [0.05, 0.1) is 0 Å². The Morgan fingerprint density at radius 2 is 1.75 bits per heavy atom. The Kier molecular flexibility index (Phi) is 21.1. The maximum absolute atomic E-state index is 6.97. The van der Waals surface area contributed by atoms with Crippen LogP contribution in [0.2, 0.25) is 0 Å². The van der Waals surface area contributed by atoms with Crippen molar-refractivity contribution >= 4 is 6.72 Å². The molecule has 0 heterocycles. The summed E-state index contributed by atoms with van der Waals surface area (Å²) in [5.74, 6) is 0. The molecule has 0 fully saturated rings. The minimum Gasteiger partial charge on any atom is -0.448 e. The molecule has 0 atom stereocenters. The molecule has 0 saturated carbocycles. The first-order chi connectivity index (χ1) is 1.41. The molecule has 0 amide bonds. The summed E-state index contributed by atoms with van der Waals surface area (Å²) in [6, 6.07) is 0. The Bertz CT molecular complexity index is 15.5. The Morgan fingerprint density at radius 3 is 1.75 bits per heavy atom. The van der Waals surface area contributed by atoms with Gasteiger partial charge in [-0.1, -0.05) is 0 Å². The van der Waals surface area contributed by atoms with E-state index < -0.39 is 0 Å². The van der Waals surface area contributed by atoms with Gasteiger partial charge in [-0.05, 0) is 0 Å². The summed E-state index contributed by atoms with van der Waals surface area (Å²) in [5, 5.41) is 8.97. The van der Waals surface area contributed by atoms with Crippen LogP contribution in [0, 0.1) is 0 Å². The van der Waals surface area contributed by atoms with Crippen molar-refractivity contribution in [2.24, 2.45) is 5.16 Å². The van der Waals surface area contributed by atoms with E-state index in [9.17, 15) is 0 Å². The van der Waals surface area contributed by atoms with E-state index in [4.69, 9.17) is 5.21 Å². The molecule has 0 saturated heterocycles. The van der Waals surface area contributed by atoms with E-state index in [0.29, 0.717) is 0 Å². The normalized spacial score (nSPS) is 3.00. The van der Waals surface area contributed by atoms with Crippen LogP contribution in [-0.4, -0.2) is 11.9 Å². The molecule has 1 radical (unpaired) electrons. The van der Waals surface area contributed by atoms with Crippen LogP contribution < -0.4 is 0 Å². The van der Waals surface area contributed by atoms with Crippen LogP contribution in [0.4, 0.5) is 0 Å². The zero-order valence-corrected chi connectivity index (χ0v) is 4.89. The summed E-state index contributed by atoms with van der Waals surface area (Å²) in [4.78, 5) is 0. The van der Waals surface area contributed by atoms with E-state index in [1.807, 2.05) is 5.16 Å². The molecule has 0 unspecified atom stereocenters. The number of rotatable bonds is 0. The quantitative estimate of drug-likeness (QED) is 0.213. The molecule has 21 valence electrons. The molecular weight excluding hydrogens is 131 g/mol. The third-order valence-electron chi connectivity index (χ3n) is 0. The molecule has 4 heavy (non-hydrogen) atoms. The number of hydrogen-bond acceptors (Lipinski definition) is 2. The molecule has 0 spiro atoms. The Balaban J connectivity index is 0. The van der Waals surface area contributed by atoms with Crippen molar-refractivity contribution in [3.63, 3.8) is 0 Å². The summed E-state index contributed by atoms with van der Waals surface area (Å²) in [6.45, 7) is 4.03. The van der Waals surface area contributed by atoms with Crippen LogP contribution in [0.3, 0.4) is 0 Å². The van der Waals surface area contributed by atoms with Gasteiger partial charge in [-0.3, -0.25) is 0 Å². The van der Waals surface area contributed by atoms with Crippen molar-refractivity contribution in [3.8, 4) is 0 Å². The average Bonchev–Trinajstić information content (AvgIpc) is 0.918. The standard InChI is InChI=1S/CH2NO.Y/c1-2-3;/h1,3H;/q-1;. The van der Waals surface area contributed by atoms with E-state index in [0.717, 1.165) is 0 Å². The molecular formula is CH2NOY-. The fourth-order valence-electron chi connectivity index (χ4n) is 0. The van der Waals surface area contributed by atoms with Gasteiger partial charge in [0.2, 0.25) is 0 Å². The van der Waals surface area contributed by atoms with Crippen molar-refractivity contribution in [2.75, 3.05) is 0 Å². The Labute approximate surface area is 49.8 Å². The second-order valence-electron chi connectivity index (χ2n) is 0.115. The van der Waals surface area contributed by atoms with Crippen molar-refractivity contribution in [3.05, 3.63) is 0 Å². The van der Waals surface area contributed by atoms with Gasteiger partial charge in [-0.25, -0.2) is 0 Å². The van der Waals surface area contributed by atoms with E-state index in [2.05, 4.69) is 6.72 Å². The van der Waals surface area contributed by atoms with Crippen molar-refractivity contribution < 1.29 is 37.9 Å². The molecule has 0 aliphatic carbocycles. The Hall–Kier alpha value is 0.574. The predicted octanol–water partition coefficient (Wildman–Crippen LogP) is -0.0493. The molecule has 0 aliphatic rings. The first-order valence-corrected chi connectivity index (χ1v) is 0.458. The molecule has 0 rings (SSSR count). The summed E-state index contributed by atoms with van der Waals surface area (Å²) < 4.78 is 0. The summed E-state index contributed by atoms with van der Waals surface area (Å²) >= 11 is 0. The molecule has 3 heteroatoms. The van der Waals surface area contributed by atoms with E-state index in [-0.39, 0.29) is 32.7 Å². The van der Waals surface area contributed by atoms with E-state index >= 15 is 0 Å². The van der Waals surface area contributed by atoms with Crippen molar-refractivity contribution in [2.45, 2.75) is 0 Å². The maximum Gasteiger partial charge on any atom is 0 e. The molecule has 2 nitrogen and oxygen atoms in total. The third-order valence-corrected chi connectivity index (χ3v) is 0. The predicted molar refractivity (Wildman–Crippen MR) is 10.3 cm³/mol. The van der Waals surface area contributed by atoms with Gasteiger partial charge in [0, 0.05) is 32.7 Å². The second-order valence-corrected chi connectivity index (χ2v) is 0.115. The zero-order valence-electron chi connectivity index (χ0n) is 2.05. The van der Waals surface area contributed by atoms with Gasteiger partial charge in [0.15, 0.2) is 0 Å². The van der Waals surface area contributed by atoms with E-state index in [1.165, 1.54) is 0 Å². The Morgan fingerprint density at radius 1 is 1.75 bits per heavy atom. The number of nitrogens with zero attached hydrogens (tertiary/aromatic N) is 1. The smallest absolute Gasteiger partial charge is 0 e. The van der Waals surface area contributed by atoms with Crippen LogP contribution in [0.25, 0.3) is 0 Å². The van der Waals surface area contributed by atoms with E-state index in [1.54, 1.807) is 0 Å². The van der Waals surface area contributed by atoms with Gasteiger partial charge in [0.25, 0.3) is 0 Å². The summed E-state index contributed by atoms with van der Waals surface area (Å²) in [6.07, 6.45) is 0. The minimum absolute atomic E-state index is 0. The minimum atomic E-state index is 0. The third kappa shape index (κ3) is 19.4. The van der Waals surface area contributed by atoms with Gasteiger partial charge in [-0.2, -0.15) is 0 Å². The first-order valence-electron chi connectivity index (χ1n) is 0.458. The van der Waals surface area contributed by atoms with Crippen molar-refractivity contribution in [1.82, 2.24) is 0 Å². The fraction of sp³-hybridized carbons (Fsp3) is 0. The molecule has 0 bridgehead atoms. The van der Waals surface area contributed by atoms with Crippen LogP contribution in [0.15, 0.2) is 5.16 Å². The van der Waals surface area contributed by atoms with Gasteiger partial charge in [0.1, 0.15) is 0 Å². The van der Waals surface area contributed by atoms with Gasteiger partial charge < -0.3 is 17.1 Å². The fourth-order valence-corrected chi connectivity index (χ4v) is 0. The van der Waals surface area contributed by atoms with Crippen LogP contribution in [0.1, 0.15) is 0 Å². The summed E-state index contributed by atoms with van der Waals surface area (Å²) in [7, 11) is 0. The molecule has 1 N–H and O–H groups in total. The average molecular weight is 133 g/mol. The monoisotopic (exact) mass is 133 g/mol. The van der Waals surface area contributed by atoms with Gasteiger partial charge >= 0.3 is 0 Å². The SMILES string of the molecule is [CH-]=NO.[Y]. The molecule has 0 aliphatic heterocycles. The number of hydrogen-bond donors (Lipinski definition) is 1. The zero-order chi connectivity index (χ0) is 2.71. The van der Waals surface area contributed by atoms with Crippen molar-refractivity contribution in [1.29, 1.82) is 0 Å². The molecule has 0 aromatic heterocycles. The molecule has 0 aromatic carbocycles. The largest absolute Gasteiger partial charge is 0.448 e. The summed E-state index contributed by atoms with van der Waals surface area (Å²) in [5.41, 5.74) is 0. The molecule has 0 aromatic rings. The van der Waals surface area contributed by atoms with Crippen LogP contribution >= 0.6 is 0 Å².